The Bertz CT molecular complexity index is 695. The van der Waals surface area contributed by atoms with Gasteiger partial charge in [0, 0.05) is 18.6 Å². The van der Waals surface area contributed by atoms with Gasteiger partial charge < -0.3 is 19.7 Å². The highest BCUT2D eigenvalue weighted by molar-refractivity contribution is 5.95. The summed E-state index contributed by atoms with van der Waals surface area (Å²) >= 11 is 0. The highest BCUT2D eigenvalue weighted by Gasteiger charge is 2.22. The highest BCUT2D eigenvalue weighted by Crippen LogP contribution is 2.35. The van der Waals surface area contributed by atoms with Gasteiger partial charge in [0.05, 0.1) is 6.61 Å². The smallest absolute Gasteiger partial charge is 0.342 e. The van der Waals surface area contributed by atoms with Gasteiger partial charge in [-0.25, -0.2) is 4.79 Å². The van der Waals surface area contributed by atoms with Crippen molar-refractivity contribution in [1.29, 1.82) is 0 Å². The third-order valence-electron chi connectivity index (χ3n) is 3.64. The Hall–Kier alpha value is -2.53. The van der Waals surface area contributed by atoms with E-state index in [4.69, 9.17) is 9.47 Å². The number of phenols is 1. The monoisotopic (exact) mass is 330 g/mol. The van der Waals surface area contributed by atoms with Crippen molar-refractivity contribution in [1.82, 2.24) is 0 Å². The van der Waals surface area contributed by atoms with Gasteiger partial charge in [0.2, 0.25) is 0 Å². The second-order valence-electron chi connectivity index (χ2n) is 5.36. The van der Waals surface area contributed by atoms with E-state index in [-0.39, 0.29) is 30.9 Å². The van der Waals surface area contributed by atoms with Gasteiger partial charge >= 0.3 is 5.97 Å². The first-order valence-corrected chi connectivity index (χ1v) is 7.88. The molecule has 0 fully saturated rings. The number of hydrogen-bond donors (Lipinski definition) is 2. The SMILES string of the molecule is CCOC(=O)c1c(C)cc(OCc2ccccc2)c(CCO)c1O. The molecule has 0 unspecified atom stereocenters. The number of aliphatic hydroxyl groups excluding tert-OH is 1. The molecule has 24 heavy (non-hydrogen) atoms. The fourth-order valence-electron chi connectivity index (χ4n) is 2.49. The molecule has 0 amide bonds. The van der Waals surface area contributed by atoms with Gasteiger partial charge in [-0.2, -0.15) is 0 Å². The summed E-state index contributed by atoms with van der Waals surface area (Å²) in [6.07, 6.45) is 0.183. The van der Waals surface area contributed by atoms with Crippen LogP contribution in [0.5, 0.6) is 11.5 Å². The summed E-state index contributed by atoms with van der Waals surface area (Å²) in [6.45, 7) is 3.80. The summed E-state index contributed by atoms with van der Waals surface area (Å²) in [7, 11) is 0. The van der Waals surface area contributed by atoms with E-state index < -0.39 is 5.97 Å². The number of carbonyl (C=O) groups is 1. The predicted octanol–water partition coefficient (Wildman–Crippen LogP) is 2.99. The third kappa shape index (κ3) is 4.06. The van der Waals surface area contributed by atoms with E-state index in [1.54, 1.807) is 19.9 Å². The number of aliphatic hydroxyl groups is 1. The molecule has 0 aliphatic rings. The summed E-state index contributed by atoms with van der Waals surface area (Å²) in [5.41, 5.74) is 2.07. The number of rotatable bonds is 7. The normalized spacial score (nSPS) is 10.5. The number of aryl methyl sites for hydroxylation is 1. The first kappa shape index (κ1) is 17.8. The number of phenolic OH excluding ortho intramolecular Hbond substituents is 1. The average Bonchev–Trinajstić information content (AvgIpc) is 2.57. The Labute approximate surface area is 141 Å². The molecule has 0 aliphatic heterocycles. The lowest BCUT2D eigenvalue weighted by Gasteiger charge is -2.17. The molecule has 5 nitrogen and oxygen atoms in total. The molecular weight excluding hydrogens is 308 g/mol. The molecule has 2 rings (SSSR count). The van der Waals surface area contributed by atoms with Crippen molar-refractivity contribution in [3.05, 3.63) is 58.7 Å². The lowest BCUT2D eigenvalue weighted by atomic mass is 10.00. The molecule has 0 bridgehead atoms. The van der Waals surface area contributed by atoms with E-state index >= 15 is 0 Å². The molecule has 2 N–H and O–H groups in total. The quantitative estimate of drug-likeness (QED) is 0.763. The molecule has 0 spiro atoms. The standard InChI is InChI=1S/C19H22O5/c1-3-23-19(22)17-13(2)11-16(15(9-10-20)18(17)21)24-12-14-7-5-4-6-8-14/h4-8,11,20-21H,3,9-10,12H2,1-2H3. The van der Waals surface area contributed by atoms with Gasteiger partial charge in [0.25, 0.3) is 0 Å². The molecule has 2 aromatic rings. The Kier molecular flexibility index (Phi) is 6.21. The van der Waals surface area contributed by atoms with E-state index in [0.29, 0.717) is 23.5 Å². The van der Waals surface area contributed by atoms with Gasteiger partial charge in [-0.05, 0) is 31.0 Å². The molecule has 0 radical (unpaired) electrons. The predicted molar refractivity (Wildman–Crippen MR) is 90.4 cm³/mol. The van der Waals surface area contributed by atoms with Gasteiger partial charge in [0.1, 0.15) is 23.7 Å². The zero-order valence-corrected chi connectivity index (χ0v) is 13.9. The first-order valence-electron chi connectivity index (χ1n) is 7.88. The van der Waals surface area contributed by atoms with E-state index in [1.807, 2.05) is 30.3 Å². The minimum absolute atomic E-state index is 0.118. The van der Waals surface area contributed by atoms with Crippen molar-refractivity contribution < 1.29 is 24.5 Å². The summed E-state index contributed by atoms with van der Waals surface area (Å²) in [6, 6.07) is 11.3. The molecule has 0 saturated heterocycles. The highest BCUT2D eigenvalue weighted by atomic mass is 16.5. The van der Waals surface area contributed by atoms with Gasteiger partial charge in [-0.3, -0.25) is 0 Å². The van der Waals surface area contributed by atoms with Crippen molar-refractivity contribution in [2.75, 3.05) is 13.2 Å². The maximum absolute atomic E-state index is 12.0. The van der Waals surface area contributed by atoms with E-state index in [2.05, 4.69) is 0 Å². The Morgan fingerprint density at radius 1 is 1.21 bits per heavy atom. The van der Waals surface area contributed by atoms with Crippen LogP contribution < -0.4 is 4.74 Å². The number of hydrogen-bond acceptors (Lipinski definition) is 5. The van der Waals surface area contributed by atoms with Crippen LogP contribution >= 0.6 is 0 Å². The third-order valence-corrected chi connectivity index (χ3v) is 3.64. The number of benzene rings is 2. The summed E-state index contributed by atoms with van der Waals surface area (Å²) in [4.78, 5) is 12.0. The Balaban J connectivity index is 2.35. The second kappa shape index (κ2) is 8.36. The minimum atomic E-state index is -0.582. The minimum Gasteiger partial charge on any atom is -0.507 e. The fourth-order valence-corrected chi connectivity index (χ4v) is 2.49. The Morgan fingerprint density at radius 3 is 2.54 bits per heavy atom. The lowest BCUT2D eigenvalue weighted by molar-refractivity contribution is 0.0521. The second-order valence-corrected chi connectivity index (χ2v) is 5.36. The van der Waals surface area contributed by atoms with Crippen LogP contribution in [0.15, 0.2) is 36.4 Å². The summed E-state index contributed by atoms with van der Waals surface area (Å²) in [5, 5.41) is 19.8. The first-order chi connectivity index (χ1) is 11.6. The molecule has 128 valence electrons. The van der Waals surface area contributed by atoms with Crippen LogP contribution in [0.4, 0.5) is 0 Å². The van der Waals surface area contributed by atoms with Crippen molar-refractivity contribution in [3.8, 4) is 11.5 Å². The number of carbonyl (C=O) groups excluding carboxylic acids is 1. The van der Waals surface area contributed by atoms with Gasteiger partial charge in [0.15, 0.2) is 0 Å². The van der Waals surface area contributed by atoms with Crippen LogP contribution in [0.25, 0.3) is 0 Å². The zero-order valence-electron chi connectivity index (χ0n) is 13.9. The van der Waals surface area contributed by atoms with Crippen LogP contribution in [0.2, 0.25) is 0 Å². The Morgan fingerprint density at radius 2 is 1.92 bits per heavy atom. The molecule has 5 heteroatoms. The molecule has 2 aromatic carbocycles. The van der Waals surface area contributed by atoms with E-state index in [9.17, 15) is 15.0 Å². The number of ether oxygens (including phenoxy) is 2. The molecule has 0 aromatic heterocycles. The van der Waals surface area contributed by atoms with Gasteiger partial charge in [-0.1, -0.05) is 30.3 Å². The molecule has 0 heterocycles. The van der Waals surface area contributed by atoms with Crippen molar-refractivity contribution in [3.63, 3.8) is 0 Å². The fraction of sp³-hybridized carbons (Fsp3) is 0.316. The lowest BCUT2D eigenvalue weighted by Crippen LogP contribution is -2.10. The molecule has 0 saturated carbocycles. The maximum Gasteiger partial charge on any atom is 0.342 e. The maximum atomic E-state index is 12.0. The van der Waals surface area contributed by atoms with Crippen molar-refractivity contribution in [2.24, 2.45) is 0 Å². The zero-order chi connectivity index (χ0) is 17.5. The van der Waals surface area contributed by atoms with E-state index in [1.165, 1.54) is 0 Å². The number of aromatic hydroxyl groups is 1. The molecular formula is C19H22O5. The van der Waals surface area contributed by atoms with Crippen LogP contribution in [-0.2, 0) is 17.8 Å². The van der Waals surface area contributed by atoms with Crippen molar-refractivity contribution >= 4 is 5.97 Å². The van der Waals surface area contributed by atoms with E-state index in [0.717, 1.165) is 5.56 Å². The van der Waals surface area contributed by atoms with Crippen LogP contribution in [-0.4, -0.2) is 29.4 Å². The molecule has 0 atom stereocenters. The topological polar surface area (TPSA) is 76.0 Å². The van der Waals surface area contributed by atoms with Crippen LogP contribution in [0.1, 0.15) is 34.0 Å². The summed E-state index contributed by atoms with van der Waals surface area (Å²) < 4.78 is 10.8. The van der Waals surface area contributed by atoms with Crippen LogP contribution in [0.3, 0.4) is 0 Å². The average molecular weight is 330 g/mol. The summed E-state index contributed by atoms with van der Waals surface area (Å²) in [5.74, 6) is -0.317. The van der Waals surface area contributed by atoms with Gasteiger partial charge in [-0.15, -0.1) is 0 Å². The van der Waals surface area contributed by atoms with Crippen molar-refractivity contribution in [2.45, 2.75) is 26.9 Å². The molecule has 0 aliphatic carbocycles. The van der Waals surface area contributed by atoms with Crippen LogP contribution in [0, 0.1) is 6.92 Å². The number of esters is 1. The largest absolute Gasteiger partial charge is 0.507 e.